The zero-order valence-electron chi connectivity index (χ0n) is 12.3. The summed E-state index contributed by atoms with van der Waals surface area (Å²) in [6, 6.07) is 12.1. The lowest BCUT2D eigenvalue weighted by molar-refractivity contribution is -0.134. The Morgan fingerprint density at radius 1 is 1.22 bits per heavy atom. The molecule has 1 aliphatic rings. The molecule has 0 atom stereocenters. The van der Waals surface area contributed by atoms with Crippen LogP contribution in [0, 0.1) is 16.7 Å². The van der Waals surface area contributed by atoms with Gasteiger partial charge in [-0.15, -0.1) is 0 Å². The van der Waals surface area contributed by atoms with Gasteiger partial charge in [0.1, 0.15) is 11.2 Å². The van der Waals surface area contributed by atoms with Gasteiger partial charge in [0.2, 0.25) is 11.8 Å². The largest absolute Gasteiger partial charge is 0.467 e. The van der Waals surface area contributed by atoms with Crippen molar-refractivity contribution >= 4 is 17.5 Å². The number of hydrogen-bond acceptors (Lipinski definition) is 4. The van der Waals surface area contributed by atoms with Gasteiger partial charge in [-0.2, -0.15) is 5.26 Å². The monoisotopic (exact) mass is 309 g/mol. The summed E-state index contributed by atoms with van der Waals surface area (Å²) >= 11 is 0. The van der Waals surface area contributed by atoms with Gasteiger partial charge in [0.05, 0.1) is 24.4 Å². The standard InChI is InChI=1S/C17H15N3O3/c18-10-12-3-1-4-13(9-12)20-16(22)17(6-7-17)15(21)19-11-14-5-2-8-23-14/h1-5,8-9H,6-7,11H2,(H,19,21)(H,20,22). The molecule has 0 aliphatic heterocycles. The second-order valence-corrected chi connectivity index (χ2v) is 5.49. The number of nitrogens with zero attached hydrogens (tertiary/aromatic N) is 1. The smallest absolute Gasteiger partial charge is 0.240 e. The summed E-state index contributed by atoms with van der Waals surface area (Å²) in [6.07, 6.45) is 2.56. The molecule has 2 amide bonds. The van der Waals surface area contributed by atoms with Crippen LogP contribution >= 0.6 is 0 Å². The SMILES string of the molecule is N#Cc1cccc(NC(=O)C2(C(=O)NCc3ccco3)CC2)c1. The summed E-state index contributed by atoms with van der Waals surface area (Å²) in [5, 5.41) is 14.3. The van der Waals surface area contributed by atoms with Crippen molar-refractivity contribution in [1.82, 2.24) is 5.32 Å². The van der Waals surface area contributed by atoms with E-state index in [-0.39, 0.29) is 18.4 Å². The molecule has 1 heterocycles. The lowest BCUT2D eigenvalue weighted by atomic mass is 10.0. The zero-order valence-corrected chi connectivity index (χ0v) is 12.3. The van der Waals surface area contributed by atoms with Crippen molar-refractivity contribution in [3.8, 4) is 6.07 Å². The molecular formula is C17H15N3O3. The van der Waals surface area contributed by atoms with Crippen molar-refractivity contribution in [3.63, 3.8) is 0 Å². The maximum absolute atomic E-state index is 12.4. The second-order valence-electron chi connectivity index (χ2n) is 5.49. The highest BCUT2D eigenvalue weighted by Gasteiger charge is 2.56. The van der Waals surface area contributed by atoms with E-state index in [1.165, 1.54) is 6.26 Å². The first kappa shape index (κ1) is 14.9. The van der Waals surface area contributed by atoms with Gasteiger partial charge in [-0.05, 0) is 43.2 Å². The van der Waals surface area contributed by atoms with E-state index in [1.54, 1.807) is 36.4 Å². The molecule has 1 fully saturated rings. The maximum atomic E-state index is 12.4. The first-order chi connectivity index (χ1) is 11.1. The van der Waals surface area contributed by atoms with E-state index >= 15 is 0 Å². The Morgan fingerprint density at radius 3 is 2.70 bits per heavy atom. The molecule has 2 N–H and O–H groups in total. The van der Waals surface area contributed by atoms with E-state index in [0.717, 1.165) is 0 Å². The van der Waals surface area contributed by atoms with Crippen LogP contribution < -0.4 is 10.6 Å². The average molecular weight is 309 g/mol. The fraction of sp³-hybridized carbons (Fsp3) is 0.235. The third kappa shape index (κ3) is 3.09. The fourth-order valence-corrected chi connectivity index (χ4v) is 2.35. The van der Waals surface area contributed by atoms with E-state index in [2.05, 4.69) is 10.6 Å². The molecule has 1 saturated carbocycles. The van der Waals surface area contributed by atoms with Crippen LogP contribution in [0.15, 0.2) is 47.1 Å². The molecule has 0 unspecified atom stereocenters. The molecule has 23 heavy (non-hydrogen) atoms. The van der Waals surface area contributed by atoms with Crippen LogP contribution in [0.5, 0.6) is 0 Å². The van der Waals surface area contributed by atoms with Crippen molar-refractivity contribution in [3.05, 3.63) is 54.0 Å². The van der Waals surface area contributed by atoms with Crippen molar-refractivity contribution in [2.24, 2.45) is 5.41 Å². The zero-order chi connectivity index (χ0) is 16.3. The van der Waals surface area contributed by atoms with Crippen LogP contribution in [0.3, 0.4) is 0 Å². The van der Waals surface area contributed by atoms with Crippen molar-refractivity contribution < 1.29 is 14.0 Å². The second kappa shape index (κ2) is 5.97. The Kier molecular flexibility index (Phi) is 3.85. The predicted molar refractivity (Wildman–Crippen MR) is 82.0 cm³/mol. The lowest BCUT2D eigenvalue weighted by Gasteiger charge is -2.15. The third-order valence-corrected chi connectivity index (χ3v) is 3.87. The topological polar surface area (TPSA) is 95.1 Å². The highest BCUT2D eigenvalue weighted by molar-refractivity contribution is 6.13. The van der Waals surface area contributed by atoms with Gasteiger partial charge in [0, 0.05) is 5.69 Å². The molecule has 116 valence electrons. The Hall–Kier alpha value is -3.07. The Morgan fingerprint density at radius 2 is 2.04 bits per heavy atom. The maximum Gasteiger partial charge on any atom is 0.240 e. The first-order valence-corrected chi connectivity index (χ1v) is 7.26. The summed E-state index contributed by atoms with van der Waals surface area (Å²) in [5.41, 5.74) is -0.0519. The van der Waals surface area contributed by atoms with Crippen LogP contribution in [0.25, 0.3) is 0 Å². The van der Waals surface area contributed by atoms with Crippen molar-refractivity contribution in [2.45, 2.75) is 19.4 Å². The van der Waals surface area contributed by atoms with E-state index in [9.17, 15) is 9.59 Å². The number of carbonyl (C=O) groups is 2. The number of amides is 2. The van der Waals surface area contributed by atoms with E-state index in [0.29, 0.717) is 29.9 Å². The highest BCUT2D eigenvalue weighted by Crippen LogP contribution is 2.46. The molecule has 0 bridgehead atoms. The van der Waals surface area contributed by atoms with Gasteiger partial charge >= 0.3 is 0 Å². The Balaban J connectivity index is 1.63. The summed E-state index contributed by atoms with van der Waals surface area (Å²) in [7, 11) is 0. The van der Waals surface area contributed by atoms with Gasteiger partial charge in [-0.25, -0.2) is 0 Å². The molecule has 0 radical (unpaired) electrons. The minimum absolute atomic E-state index is 0.255. The van der Waals surface area contributed by atoms with Crippen molar-refractivity contribution in [1.29, 1.82) is 5.26 Å². The number of benzene rings is 1. The first-order valence-electron chi connectivity index (χ1n) is 7.26. The predicted octanol–water partition coefficient (Wildman–Crippen LogP) is 2.19. The Labute approximate surface area is 133 Å². The normalized spacial score (nSPS) is 14.6. The molecule has 6 nitrogen and oxygen atoms in total. The van der Waals surface area contributed by atoms with Crippen LogP contribution in [0.2, 0.25) is 0 Å². The molecule has 0 saturated heterocycles. The van der Waals surface area contributed by atoms with Crippen LogP contribution in [-0.2, 0) is 16.1 Å². The summed E-state index contributed by atoms with van der Waals surface area (Å²) in [4.78, 5) is 24.7. The van der Waals surface area contributed by atoms with E-state index < -0.39 is 5.41 Å². The molecule has 1 aliphatic carbocycles. The number of nitriles is 1. The minimum Gasteiger partial charge on any atom is -0.467 e. The molecule has 2 aromatic rings. The summed E-state index contributed by atoms with van der Waals surface area (Å²) in [5.74, 6) is -0.0105. The number of furan rings is 1. The average Bonchev–Trinajstić information content (AvgIpc) is 3.22. The molecule has 1 aromatic carbocycles. The fourth-order valence-electron chi connectivity index (χ4n) is 2.35. The van der Waals surface area contributed by atoms with Crippen molar-refractivity contribution in [2.75, 3.05) is 5.32 Å². The number of rotatable bonds is 5. The number of nitrogens with one attached hydrogen (secondary N) is 2. The molecular weight excluding hydrogens is 294 g/mol. The molecule has 1 aromatic heterocycles. The molecule has 3 rings (SSSR count). The summed E-state index contributed by atoms with van der Waals surface area (Å²) < 4.78 is 5.15. The molecule has 6 heteroatoms. The highest BCUT2D eigenvalue weighted by atomic mass is 16.3. The number of anilines is 1. The van der Waals surface area contributed by atoms with Crippen LogP contribution in [-0.4, -0.2) is 11.8 Å². The minimum atomic E-state index is -1.02. The summed E-state index contributed by atoms with van der Waals surface area (Å²) in [6.45, 7) is 0.255. The van der Waals surface area contributed by atoms with Gasteiger partial charge in [0.25, 0.3) is 0 Å². The third-order valence-electron chi connectivity index (χ3n) is 3.87. The quantitative estimate of drug-likeness (QED) is 0.828. The van der Waals surface area contributed by atoms with Gasteiger partial charge in [-0.3, -0.25) is 9.59 Å². The van der Waals surface area contributed by atoms with Crippen LogP contribution in [0.1, 0.15) is 24.2 Å². The van der Waals surface area contributed by atoms with Gasteiger partial charge in [-0.1, -0.05) is 6.07 Å². The Bertz CT molecular complexity index is 771. The lowest BCUT2D eigenvalue weighted by Crippen LogP contribution is -2.39. The molecule has 0 spiro atoms. The van der Waals surface area contributed by atoms with E-state index in [1.807, 2.05) is 6.07 Å². The number of hydrogen-bond donors (Lipinski definition) is 2. The number of carbonyl (C=O) groups excluding carboxylic acids is 2. The van der Waals surface area contributed by atoms with Crippen LogP contribution in [0.4, 0.5) is 5.69 Å². The van der Waals surface area contributed by atoms with Gasteiger partial charge in [0.15, 0.2) is 0 Å². The van der Waals surface area contributed by atoms with Gasteiger partial charge < -0.3 is 15.1 Å². The van der Waals surface area contributed by atoms with E-state index in [4.69, 9.17) is 9.68 Å².